The molecule has 8 nitrogen and oxygen atoms in total. The molecule has 0 radical (unpaired) electrons. The molecule has 8 bridgehead atoms. The van der Waals surface area contributed by atoms with Gasteiger partial charge in [-0.1, -0.05) is 0 Å². The topological polar surface area (TPSA) is 138 Å². The second-order valence-electron chi connectivity index (χ2n) is 13.2. The SMILES string of the molecule is Oc1ccc(I)c(-c2c3nc(c(-c4cc(O)ccc4I)c4ccc([nH]4)c(-c4cc(O)ccc4I)c4ccc([nH]4)c(-c4cc(O)ccc4I)c4nc2C=C4)C=C3)c1. The fraction of sp³-hybridized carbons (Fsp3) is 0. The van der Waals surface area contributed by atoms with Gasteiger partial charge in [-0.05, 0) is 212 Å². The highest BCUT2D eigenvalue weighted by Gasteiger charge is 2.22. The number of phenols is 4. The molecule has 12 heteroatoms. The summed E-state index contributed by atoms with van der Waals surface area (Å²) < 4.78 is 3.69. The van der Waals surface area contributed by atoms with Crippen molar-refractivity contribution in [1.82, 2.24) is 19.9 Å². The molecule has 6 N–H and O–H groups in total. The number of halogens is 4. The maximum absolute atomic E-state index is 10.8. The normalized spacial score (nSPS) is 12.1. The Morgan fingerprint density at radius 2 is 0.607 bits per heavy atom. The minimum atomic E-state index is 0.119. The highest BCUT2D eigenvalue weighted by Crippen LogP contribution is 2.42. The molecule has 0 fully saturated rings. The van der Waals surface area contributed by atoms with E-state index in [0.29, 0.717) is 22.8 Å². The average Bonchev–Trinajstić information content (AvgIpc) is 4.01. The molecular weight excluding hydrogens is 1160 g/mol. The minimum absolute atomic E-state index is 0.119. The number of fused-ring (bicyclic) bond motifs is 8. The van der Waals surface area contributed by atoms with Gasteiger partial charge in [-0.2, -0.15) is 0 Å². The molecule has 4 aromatic carbocycles. The number of aromatic nitrogens is 4. The number of aromatic amines is 2. The van der Waals surface area contributed by atoms with Crippen LogP contribution in [0.4, 0.5) is 0 Å². The van der Waals surface area contributed by atoms with Crippen LogP contribution >= 0.6 is 90.4 Å². The lowest BCUT2D eigenvalue weighted by atomic mass is 10.0. The van der Waals surface area contributed by atoms with Crippen molar-refractivity contribution in [3.8, 4) is 67.5 Å². The van der Waals surface area contributed by atoms with Gasteiger partial charge >= 0.3 is 0 Å². The van der Waals surface area contributed by atoms with Crippen molar-refractivity contribution in [2.24, 2.45) is 0 Å². The van der Waals surface area contributed by atoms with Gasteiger partial charge in [0, 0.05) is 80.9 Å². The Bertz CT molecular complexity index is 2890. The van der Waals surface area contributed by atoms with Crippen LogP contribution in [0.25, 0.3) is 90.9 Å². The minimum Gasteiger partial charge on any atom is -0.508 e. The van der Waals surface area contributed by atoms with Crippen LogP contribution in [0.1, 0.15) is 22.8 Å². The van der Waals surface area contributed by atoms with Gasteiger partial charge in [0.05, 0.1) is 22.8 Å². The third-order valence-corrected chi connectivity index (χ3v) is 13.4. The van der Waals surface area contributed by atoms with Crippen LogP contribution in [0.2, 0.25) is 0 Å². The summed E-state index contributed by atoms with van der Waals surface area (Å²) in [5, 5.41) is 43.0. The summed E-state index contributed by atoms with van der Waals surface area (Å²) in [6.45, 7) is 0. The molecule has 0 amide bonds. The van der Waals surface area contributed by atoms with Crippen molar-refractivity contribution >= 4 is 137 Å². The van der Waals surface area contributed by atoms with E-state index in [2.05, 4.69) is 100 Å². The molecule has 0 atom stereocenters. The number of H-pyrrole nitrogens is 2. The van der Waals surface area contributed by atoms with Gasteiger partial charge in [0.1, 0.15) is 23.0 Å². The predicted octanol–water partition coefficient (Wildman–Crippen LogP) is 12.6. The third-order valence-electron chi connectivity index (χ3n) is 9.63. The fourth-order valence-electron chi connectivity index (χ4n) is 7.16. The lowest BCUT2D eigenvalue weighted by molar-refractivity contribution is 0.475. The van der Waals surface area contributed by atoms with Crippen LogP contribution in [-0.2, 0) is 0 Å². The molecule has 2 aliphatic rings. The molecule has 7 aromatic rings. The molecule has 0 spiro atoms. The molecule has 2 aliphatic heterocycles. The molecule has 5 heterocycles. The Labute approximate surface area is 374 Å². The van der Waals surface area contributed by atoms with Crippen LogP contribution in [0, 0.1) is 14.3 Å². The fourth-order valence-corrected chi connectivity index (χ4v) is 9.58. The number of nitrogens with zero attached hydrogens (tertiary/aromatic N) is 2. The molecule has 0 saturated heterocycles. The van der Waals surface area contributed by atoms with Gasteiger partial charge in [0.2, 0.25) is 0 Å². The second-order valence-corrected chi connectivity index (χ2v) is 17.8. The molecule has 0 saturated carbocycles. The molecular formula is C44H26I4N4O4. The first-order valence-electron chi connectivity index (χ1n) is 17.1. The number of rotatable bonds is 4. The highest BCUT2D eigenvalue weighted by atomic mass is 127. The summed E-state index contributed by atoms with van der Waals surface area (Å²) in [5.74, 6) is 0.510. The number of hydrogen-bond acceptors (Lipinski definition) is 6. The number of aromatic hydroxyl groups is 4. The molecule has 9 rings (SSSR count). The maximum atomic E-state index is 10.8. The Kier molecular flexibility index (Phi) is 9.85. The van der Waals surface area contributed by atoms with Gasteiger partial charge in [-0.25, -0.2) is 9.97 Å². The highest BCUT2D eigenvalue weighted by molar-refractivity contribution is 14.1. The first-order chi connectivity index (χ1) is 27.0. The number of phenolic OH excluding ortho intramolecular Hbond substituents is 4. The summed E-state index contributed by atoms with van der Waals surface area (Å²) in [6, 6.07) is 29.2. The van der Waals surface area contributed by atoms with E-state index in [-0.39, 0.29) is 23.0 Å². The zero-order valence-corrected chi connectivity index (χ0v) is 37.4. The van der Waals surface area contributed by atoms with Gasteiger partial charge < -0.3 is 30.4 Å². The van der Waals surface area contributed by atoms with Crippen molar-refractivity contribution in [3.63, 3.8) is 0 Å². The van der Waals surface area contributed by atoms with Crippen molar-refractivity contribution in [2.75, 3.05) is 0 Å². The number of nitrogens with one attached hydrogen (secondary N) is 2. The molecule has 3 aromatic heterocycles. The van der Waals surface area contributed by atoms with E-state index in [0.717, 1.165) is 80.9 Å². The van der Waals surface area contributed by atoms with E-state index >= 15 is 0 Å². The molecule has 274 valence electrons. The van der Waals surface area contributed by atoms with Crippen LogP contribution < -0.4 is 0 Å². The quantitative estimate of drug-likeness (QED) is 0.0971. The summed E-state index contributed by atoms with van der Waals surface area (Å²) in [6.07, 6.45) is 7.86. The zero-order chi connectivity index (χ0) is 38.8. The van der Waals surface area contributed by atoms with Gasteiger partial charge in [0.15, 0.2) is 0 Å². The van der Waals surface area contributed by atoms with E-state index in [1.165, 1.54) is 0 Å². The number of benzene rings is 4. The number of hydrogen-bond donors (Lipinski definition) is 6. The Hall–Kier alpha value is -4.40. The van der Waals surface area contributed by atoms with E-state index < -0.39 is 0 Å². The van der Waals surface area contributed by atoms with E-state index in [1.807, 2.05) is 72.8 Å². The predicted molar refractivity (Wildman–Crippen MR) is 258 cm³/mol. The van der Waals surface area contributed by atoms with Gasteiger partial charge in [-0.15, -0.1) is 0 Å². The Morgan fingerprint density at radius 3 is 0.946 bits per heavy atom. The zero-order valence-electron chi connectivity index (χ0n) is 28.7. The first kappa shape index (κ1) is 37.2. The summed E-state index contributed by atoms with van der Waals surface area (Å²) in [7, 11) is 0. The van der Waals surface area contributed by atoms with Crippen molar-refractivity contribution in [2.45, 2.75) is 0 Å². The largest absolute Gasteiger partial charge is 0.508 e. The van der Waals surface area contributed by atoms with E-state index in [4.69, 9.17) is 9.97 Å². The van der Waals surface area contributed by atoms with E-state index in [1.54, 1.807) is 48.5 Å². The third kappa shape index (κ3) is 6.76. The average molecular weight is 1180 g/mol. The molecule has 56 heavy (non-hydrogen) atoms. The van der Waals surface area contributed by atoms with Crippen LogP contribution in [0.3, 0.4) is 0 Å². The van der Waals surface area contributed by atoms with E-state index in [9.17, 15) is 20.4 Å². The summed E-state index contributed by atoms with van der Waals surface area (Å²) in [5.41, 5.74) is 12.0. The smallest absolute Gasteiger partial charge is 0.116 e. The molecule has 0 unspecified atom stereocenters. The van der Waals surface area contributed by atoms with Crippen molar-refractivity contribution < 1.29 is 20.4 Å². The second kappa shape index (κ2) is 14.8. The summed E-state index contributed by atoms with van der Waals surface area (Å²) >= 11 is 9.13. The Morgan fingerprint density at radius 1 is 0.339 bits per heavy atom. The lowest BCUT2D eigenvalue weighted by Crippen LogP contribution is -1.93. The maximum Gasteiger partial charge on any atom is 0.116 e. The monoisotopic (exact) mass is 1180 g/mol. The van der Waals surface area contributed by atoms with Crippen LogP contribution in [0.15, 0.2) is 97.1 Å². The lowest BCUT2D eigenvalue weighted by Gasteiger charge is -2.10. The van der Waals surface area contributed by atoms with Crippen molar-refractivity contribution in [1.29, 1.82) is 0 Å². The Balaban J connectivity index is 1.52. The van der Waals surface area contributed by atoms with Crippen LogP contribution in [-0.4, -0.2) is 40.4 Å². The standard InChI is InChI=1S/C44H26I4N4O4/c45-29-5-1-21(53)17-25(29)41-33-9-11-35(49-33)42(26-18-22(54)2-6-30(26)46)37-13-15-39(51-37)44(28-20-24(56)4-8-32(28)48)40-16-14-38(52-40)43(36-12-10-34(41)50-36)27-19-23(55)3-7-31(27)47/h1-20,49-50,53-56H. The molecule has 0 aliphatic carbocycles. The first-order valence-corrected chi connectivity index (χ1v) is 21.5. The summed E-state index contributed by atoms with van der Waals surface area (Å²) in [4.78, 5) is 18.0. The van der Waals surface area contributed by atoms with Gasteiger partial charge in [-0.3, -0.25) is 0 Å². The van der Waals surface area contributed by atoms with Crippen molar-refractivity contribution in [3.05, 3.63) is 134 Å². The van der Waals surface area contributed by atoms with Crippen LogP contribution in [0.5, 0.6) is 23.0 Å². The van der Waals surface area contributed by atoms with Gasteiger partial charge in [0.25, 0.3) is 0 Å².